The van der Waals surface area contributed by atoms with Crippen molar-refractivity contribution in [2.75, 3.05) is 40.8 Å². The van der Waals surface area contributed by atoms with Gasteiger partial charge < -0.3 is 25.3 Å². The van der Waals surface area contributed by atoms with Gasteiger partial charge in [-0.2, -0.15) is 0 Å². The zero-order valence-corrected chi connectivity index (χ0v) is 29.9. The molecular formula is C36H65N5O6. The highest BCUT2D eigenvalue weighted by atomic mass is 16.3. The SMILES string of the molecule is CCCN(CCC)C(=O)C1CC(C(=O)NC(CC2CCC(O)CC2)C(O)CN(C)NC(=O)CC2CCCCC2)CC(C(=O)N(C)C)C1. The molecule has 4 amide bonds. The first kappa shape index (κ1) is 39.2. The molecule has 0 bridgehead atoms. The lowest BCUT2D eigenvalue weighted by molar-refractivity contribution is -0.143. The van der Waals surface area contributed by atoms with Crippen LogP contribution < -0.4 is 10.7 Å². The fourth-order valence-electron chi connectivity index (χ4n) is 8.15. The number of hydrogen-bond donors (Lipinski definition) is 4. The number of aliphatic hydroxyl groups excluding tert-OH is 2. The van der Waals surface area contributed by atoms with E-state index >= 15 is 0 Å². The van der Waals surface area contributed by atoms with Gasteiger partial charge in [0.25, 0.3) is 0 Å². The quantitative estimate of drug-likeness (QED) is 0.185. The van der Waals surface area contributed by atoms with E-state index in [9.17, 15) is 29.4 Å². The van der Waals surface area contributed by atoms with E-state index in [-0.39, 0.29) is 42.2 Å². The molecule has 0 radical (unpaired) electrons. The van der Waals surface area contributed by atoms with Gasteiger partial charge in [0.15, 0.2) is 0 Å². The summed E-state index contributed by atoms with van der Waals surface area (Å²) < 4.78 is 0. The minimum atomic E-state index is -0.949. The van der Waals surface area contributed by atoms with Crippen molar-refractivity contribution in [3.63, 3.8) is 0 Å². The van der Waals surface area contributed by atoms with Gasteiger partial charge >= 0.3 is 0 Å². The van der Waals surface area contributed by atoms with Gasteiger partial charge in [-0.1, -0.05) is 33.1 Å². The molecule has 11 nitrogen and oxygen atoms in total. The Morgan fingerprint density at radius 2 is 1.34 bits per heavy atom. The number of nitrogens with zero attached hydrogens (tertiary/aromatic N) is 3. The van der Waals surface area contributed by atoms with Crippen molar-refractivity contribution >= 4 is 23.6 Å². The molecule has 0 aromatic heterocycles. The molecule has 0 aliphatic heterocycles. The Hall–Kier alpha value is -2.24. The minimum Gasteiger partial charge on any atom is -0.393 e. The first-order valence-corrected chi connectivity index (χ1v) is 18.6. The van der Waals surface area contributed by atoms with Crippen molar-refractivity contribution in [1.82, 2.24) is 25.6 Å². The molecule has 0 spiro atoms. The lowest BCUT2D eigenvalue weighted by Crippen LogP contribution is -2.54. The minimum absolute atomic E-state index is 0.0192. The highest BCUT2D eigenvalue weighted by Crippen LogP contribution is 2.36. The molecule has 270 valence electrons. The van der Waals surface area contributed by atoms with Gasteiger partial charge in [-0.15, -0.1) is 0 Å². The zero-order valence-electron chi connectivity index (χ0n) is 29.9. The average molecular weight is 664 g/mol. The van der Waals surface area contributed by atoms with Crippen molar-refractivity contribution in [1.29, 1.82) is 0 Å². The third kappa shape index (κ3) is 12.6. The maximum Gasteiger partial charge on any atom is 0.234 e. The maximum absolute atomic E-state index is 14.0. The second kappa shape index (κ2) is 19.7. The lowest BCUT2D eigenvalue weighted by Gasteiger charge is -2.38. The Kier molecular flexibility index (Phi) is 16.4. The van der Waals surface area contributed by atoms with E-state index < -0.39 is 29.9 Å². The summed E-state index contributed by atoms with van der Waals surface area (Å²) in [5.74, 6) is -1.07. The molecule has 3 fully saturated rings. The molecule has 3 saturated carbocycles. The predicted molar refractivity (Wildman–Crippen MR) is 183 cm³/mol. The summed E-state index contributed by atoms with van der Waals surface area (Å²) >= 11 is 0. The predicted octanol–water partition coefficient (Wildman–Crippen LogP) is 3.48. The number of aliphatic hydroxyl groups is 2. The second-order valence-corrected chi connectivity index (χ2v) is 15.1. The fourth-order valence-corrected chi connectivity index (χ4v) is 8.15. The molecule has 47 heavy (non-hydrogen) atoms. The number of hydrogen-bond acceptors (Lipinski definition) is 7. The Morgan fingerprint density at radius 1 is 0.766 bits per heavy atom. The first-order chi connectivity index (χ1) is 22.4. The maximum atomic E-state index is 14.0. The number of rotatable bonds is 16. The molecule has 0 aromatic rings. The number of likely N-dealkylation sites (N-methyl/N-ethyl adjacent to an activating group) is 1. The van der Waals surface area contributed by atoms with Crippen LogP contribution in [0.25, 0.3) is 0 Å². The fraction of sp³-hybridized carbons (Fsp3) is 0.889. The number of hydrazine groups is 1. The zero-order chi connectivity index (χ0) is 34.5. The summed E-state index contributed by atoms with van der Waals surface area (Å²) in [6.07, 6.45) is 11.4. The topological polar surface area (TPSA) is 143 Å². The van der Waals surface area contributed by atoms with E-state index in [1.165, 1.54) is 19.3 Å². The standard InChI is InChI=1S/C36H65N5O6/c1-6-17-41(18-7-2)36(47)29-22-27(21-28(23-29)35(46)39(3)4)34(45)37-31(19-26-13-15-30(42)16-14-26)32(43)24-40(5)38-33(44)20-25-11-9-8-10-12-25/h25-32,42-43H,6-24H2,1-5H3,(H,37,45)(H,38,44). The van der Waals surface area contributed by atoms with Crippen LogP contribution in [0.1, 0.15) is 117 Å². The van der Waals surface area contributed by atoms with Crippen LogP contribution in [0.4, 0.5) is 0 Å². The number of carbonyl (C=O) groups is 4. The van der Waals surface area contributed by atoms with Crippen LogP contribution in [0.5, 0.6) is 0 Å². The van der Waals surface area contributed by atoms with Crippen LogP contribution in [0.2, 0.25) is 0 Å². The monoisotopic (exact) mass is 663 g/mol. The summed E-state index contributed by atoms with van der Waals surface area (Å²) in [6.45, 7) is 5.54. The van der Waals surface area contributed by atoms with E-state index in [1.807, 2.05) is 18.7 Å². The Balaban J connectivity index is 1.72. The van der Waals surface area contributed by atoms with Crippen LogP contribution >= 0.6 is 0 Å². The largest absolute Gasteiger partial charge is 0.393 e. The molecule has 3 rings (SSSR count). The highest BCUT2D eigenvalue weighted by molar-refractivity contribution is 5.86. The Labute approximate surface area is 283 Å². The molecule has 4 N–H and O–H groups in total. The van der Waals surface area contributed by atoms with Gasteiger partial charge in [-0.05, 0) is 88.9 Å². The normalized spacial score (nSPS) is 26.7. The molecule has 0 saturated heterocycles. The summed E-state index contributed by atoms with van der Waals surface area (Å²) in [5.41, 5.74) is 2.92. The third-order valence-electron chi connectivity index (χ3n) is 10.7. The van der Waals surface area contributed by atoms with E-state index in [0.717, 1.165) is 38.5 Å². The van der Waals surface area contributed by atoms with Crippen LogP contribution in [0.3, 0.4) is 0 Å². The molecule has 5 unspecified atom stereocenters. The lowest BCUT2D eigenvalue weighted by atomic mass is 9.73. The number of carbonyl (C=O) groups excluding carboxylic acids is 4. The van der Waals surface area contributed by atoms with Gasteiger partial charge in [0.2, 0.25) is 23.6 Å². The van der Waals surface area contributed by atoms with Gasteiger partial charge in [0.05, 0.1) is 18.2 Å². The van der Waals surface area contributed by atoms with Crippen molar-refractivity contribution in [3.8, 4) is 0 Å². The second-order valence-electron chi connectivity index (χ2n) is 15.1. The summed E-state index contributed by atoms with van der Waals surface area (Å²) in [4.78, 5) is 57.1. The van der Waals surface area contributed by atoms with E-state index in [4.69, 9.17) is 0 Å². The van der Waals surface area contributed by atoms with Crippen LogP contribution in [0, 0.1) is 29.6 Å². The van der Waals surface area contributed by atoms with Crippen molar-refractivity contribution in [2.45, 2.75) is 135 Å². The van der Waals surface area contributed by atoms with Gasteiger partial charge in [0, 0.05) is 65.0 Å². The highest BCUT2D eigenvalue weighted by Gasteiger charge is 2.41. The van der Waals surface area contributed by atoms with E-state index in [2.05, 4.69) is 10.7 Å². The van der Waals surface area contributed by atoms with Crippen molar-refractivity contribution in [2.24, 2.45) is 29.6 Å². The Morgan fingerprint density at radius 3 is 1.91 bits per heavy atom. The molecule has 3 aliphatic rings. The molecule has 5 atom stereocenters. The molecule has 0 aromatic carbocycles. The molecule has 0 heterocycles. The number of amides is 4. The van der Waals surface area contributed by atoms with Crippen molar-refractivity contribution < 1.29 is 29.4 Å². The van der Waals surface area contributed by atoms with Crippen molar-refractivity contribution in [3.05, 3.63) is 0 Å². The number of nitrogens with one attached hydrogen (secondary N) is 2. The van der Waals surface area contributed by atoms with E-state index in [0.29, 0.717) is 64.0 Å². The smallest absolute Gasteiger partial charge is 0.234 e. The summed E-state index contributed by atoms with van der Waals surface area (Å²) in [7, 11) is 5.16. The summed E-state index contributed by atoms with van der Waals surface area (Å²) in [6, 6.07) is -0.573. The van der Waals surface area contributed by atoms with Crippen LogP contribution in [-0.2, 0) is 19.2 Å². The Bertz CT molecular complexity index is 990. The van der Waals surface area contributed by atoms with E-state index in [1.54, 1.807) is 31.1 Å². The van der Waals surface area contributed by atoms with Crippen LogP contribution in [-0.4, -0.2) is 108 Å². The van der Waals surface area contributed by atoms with Gasteiger partial charge in [0.1, 0.15) is 0 Å². The average Bonchev–Trinajstić information content (AvgIpc) is 3.04. The molecular weight excluding hydrogens is 598 g/mol. The summed E-state index contributed by atoms with van der Waals surface area (Å²) in [5, 5.41) is 26.4. The van der Waals surface area contributed by atoms with Gasteiger partial charge in [-0.3, -0.25) is 24.6 Å². The van der Waals surface area contributed by atoms with Crippen LogP contribution in [0.15, 0.2) is 0 Å². The van der Waals surface area contributed by atoms with Gasteiger partial charge in [-0.25, -0.2) is 5.01 Å². The third-order valence-corrected chi connectivity index (χ3v) is 10.7. The molecule has 11 heteroatoms. The first-order valence-electron chi connectivity index (χ1n) is 18.6. The molecule has 3 aliphatic carbocycles.